The van der Waals surface area contributed by atoms with Crippen molar-refractivity contribution >= 4 is 8.41 Å². The van der Waals surface area contributed by atoms with E-state index in [0.29, 0.717) is 0 Å². The molecule has 0 aromatic carbocycles. The Balaban J connectivity index is 0. The molecular formula is H3AgBF3. The van der Waals surface area contributed by atoms with Gasteiger partial charge in [-0.15, -0.1) is 0 Å². The average molecular weight is 179 g/mol. The standard InChI is InChI=1S/Ag.B.3FH/h;;3*1H. The minimum atomic E-state index is 0. The Kier molecular flexibility index (Phi) is 11200. The molecule has 0 aliphatic rings. The summed E-state index contributed by atoms with van der Waals surface area (Å²) < 4.78 is 0. The van der Waals surface area contributed by atoms with Gasteiger partial charge in [-0.2, -0.15) is 0 Å². The van der Waals surface area contributed by atoms with Gasteiger partial charge >= 0.3 is 0 Å². The summed E-state index contributed by atoms with van der Waals surface area (Å²) >= 11 is 0. The Morgan fingerprint density at radius 2 is 0.600 bits per heavy atom. The van der Waals surface area contributed by atoms with Gasteiger partial charge in [-0.1, -0.05) is 0 Å². The van der Waals surface area contributed by atoms with Gasteiger partial charge in [0.25, 0.3) is 0 Å². The van der Waals surface area contributed by atoms with Crippen LogP contribution in [-0.2, 0) is 22.4 Å². The summed E-state index contributed by atoms with van der Waals surface area (Å²) in [5.74, 6) is 0. The molecule has 0 saturated heterocycles. The quantitative estimate of drug-likeness (QED) is 0.461. The molecule has 0 fully saturated rings. The van der Waals surface area contributed by atoms with E-state index < -0.39 is 0 Å². The molecule has 0 unspecified atom stereocenters. The van der Waals surface area contributed by atoms with Gasteiger partial charge in [0.15, 0.2) is 0 Å². The summed E-state index contributed by atoms with van der Waals surface area (Å²) in [4.78, 5) is 0. The van der Waals surface area contributed by atoms with Crippen molar-refractivity contribution in [1.29, 1.82) is 0 Å². The van der Waals surface area contributed by atoms with Crippen molar-refractivity contribution in [2.75, 3.05) is 0 Å². The molecule has 0 aromatic rings. The van der Waals surface area contributed by atoms with Crippen LogP contribution in [-0.4, -0.2) is 8.41 Å². The maximum Gasteiger partial charge on any atom is 0 e. The molecular weight excluding hydrogens is 176 g/mol. The van der Waals surface area contributed by atoms with Crippen LogP contribution in [0.1, 0.15) is 0 Å². The molecule has 0 amide bonds. The summed E-state index contributed by atoms with van der Waals surface area (Å²) in [6, 6.07) is 0. The first-order valence-corrected chi connectivity index (χ1v) is 0. The average Bonchev–Trinajstić information content (AvgIpc) is 0. The van der Waals surface area contributed by atoms with E-state index in [1.54, 1.807) is 0 Å². The maximum atomic E-state index is 0. The molecule has 0 aliphatic heterocycles. The Bertz CT molecular complexity index is 6.85. The van der Waals surface area contributed by atoms with Gasteiger partial charge in [-0.3, -0.25) is 14.1 Å². The third-order valence-corrected chi connectivity index (χ3v) is 0. The molecule has 0 atom stereocenters. The third kappa shape index (κ3) is 87.4. The smallest absolute Gasteiger partial charge is 0 e. The Labute approximate surface area is 45.5 Å². The van der Waals surface area contributed by atoms with Crippen molar-refractivity contribution in [3.8, 4) is 0 Å². The second-order valence-corrected chi connectivity index (χ2v) is 0. The maximum absolute atomic E-state index is 0. The SMILES string of the molecule is F.F.F.[Ag].[B]. The molecule has 0 N–H and O–H groups in total. The Morgan fingerprint density at radius 3 is 0.600 bits per heavy atom. The largest absolute Gasteiger partial charge is 0.269 e. The van der Waals surface area contributed by atoms with Crippen molar-refractivity contribution in [2.45, 2.75) is 0 Å². The van der Waals surface area contributed by atoms with Gasteiger partial charge in [0.05, 0.1) is 0 Å². The van der Waals surface area contributed by atoms with Crippen LogP contribution in [0.15, 0.2) is 0 Å². The topological polar surface area (TPSA) is 0 Å². The number of hydrogen-bond acceptors (Lipinski definition) is 0. The first-order valence-electron chi connectivity index (χ1n) is 0. The summed E-state index contributed by atoms with van der Waals surface area (Å²) in [6.07, 6.45) is 0. The summed E-state index contributed by atoms with van der Waals surface area (Å²) in [5, 5.41) is 0. The van der Waals surface area contributed by atoms with Crippen LogP contribution in [0.25, 0.3) is 0 Å². The van der Waals surface area contributed by atoms with Crippen LogP contribution >= 0.6 is 0 Å². The normalized spacial score (nSPS) is 0. The van der Waals surface area contributed by atoms with Gasteiger partial charge in [-0.05, 0) is 0 Å². The summed E-state index contributed by atoms with van der Waals surface area (Å²) in [7, 11) is 0. The fourth-order valence-corrected chi connectivity index (χ4v) is 0. The zero-order valence-corrected chi connectivity index (χ0v) is 3.59. The predicted molar refractivity (Wildman–Crippen MR) is 13.3 cm³/mol. The van der Waals surface area contributed by atoms with Gasteiger partial charge in [0.1, 0.15) is 0 Å². The first kappa shape index (κ1) is 334. The van der Waals surface area contributed by atoms with Crippen molar-refractivity contribution < 1.29 is 36.5 Å². The molecule has 0 heterocycles. The molecule has 0 saturated carbocycles. The molecule has 38 valence electrons. The van der Waals surface area contributed by atoms with Crippen LogP contribution in [0.4, 0.5) is 14.1 Å². The van der Waals surface area contributed by atoms with Gasteiger partial charge in [-0.25, -0.2) is 0 Å². The number of halogens is 3. The van der Waals surface area contributed by atoms with Crippen molar-refractivity contribution in [1.82, 2.24) is 0 Å². The molecule has 0 nitrogen and oxygen atoms in total. The number of hydrogen-bond donors (Lipinski definition) is 0. The van der Waals surface area contributed by atoms with Crippen LogP contribution in [0.5, 0.6) is 0 Å². The van der Waals surface area contributed by atoms with E-state index in [2.05, 4.69) is 0 Å². The molecule has 0 rings (SSSR count). The molecule has 0 aliphatic carbocycles. The van der Waals surface area contributed by atoms with E-state index in [-0.39, 0.29) is 44.9 Å². The summed E-state index contributed by atoms with van der Waals surface area (Å²) in [5.41, 5.74) is 0. The van der Waals surface area contributed by atoms with Crippen molar-refractivity contribution in [3.05, 3.63) is 0 Å². The minimum absolute atomic E-state index is 0. The van der Waals surface area contributed by atoms with Crippen molar-refractivity contribution in [2.24, 2.45) is 0 Å². The predicted octanol–water partition coefficient (Wildman–Crippen LogP) is 0.0742. The van der Waals surface area contributed by atoms with Crippen LogP contribution < -0.4 is 0 Å². The van der Waals surface area contributed by atoms with E-state index in [1.807, 2.05) is 0 Å². The van der Waals surface area contributed by atoms with E-state index in [9.17, 15) is 0 Å². The Hall–Kier alpha value is 0.595. The van der Waals surface area contributed by atoms with E-state index in [1.165, 1.54) is 0 Å². The zero-order valence-electron chi connectivity index (χ0n) is 2.10. The van der Waals surface area contributed by atoms with Gasteiger partial charge in [0.2, 0.25) is 0 Å². The number of rotatable bonds is 0. The molecule has 0 aromatic heterocycles. The van der Waals surface area contributed by atoms with Crippen molar-refractivity contribution in [3.63, 3.8) is 0 Å². The fraction of sp³-hybridized carbons (Fsp3) is 0. The second kappa shape index (κ2) is 168. The summed E-state index contributed by atoms with van der Waals surface area (Å²) in [6.45, 7) is 0. The fourth-order valence-electron chi connectivity index (χ4n) is 0. The van der Waals surface area contributed by atoms with E-state index in [4.69, 9.17) is 0 Å². The first-order chi connectivity index (χ1) is 0. The van der Waals surface area contributed by atoms with E-state index in [0.717, 1.165) is 0 Å². The zero-order chi connectivity index (χ0) is 0. The van der Waals surface area contributed by atoms with Crippen LogP contribution in [0.2, 0.25) is 0 Å². The second-order valence-electron chi connectivity index (χ2n) is 0. The molecule has 0 bridgehead atoms. The van der Waals surface area contributed by atoms with Crippen LogP contribution in [0.3, 0.4) is 0 Å². The van der Waals surface area contributed by atoms with Crippen LogP contribution in [0, 0.1) is 0 Å². The molecule has 5 heavy (non-hydrogen) atoms. The van der Waals surface area contributed by atoms with E-state index >= 15 is 0 Å². The molecule has 0 spiro atoms. The van der Waals surface area contributed by atoms with Gasteiger partial charge < -0.3 is 0 Å². The molecule has 5 heteroatoms. The monoisotopic (exact) mass is 178 g/mol. The van der Waals surface area contributed by atoms with Gasteiger partial charge in [0, 0.05) is 30.8 Å². The third-order valence-electron chi connectivity index (χ3n) is 0. The molecule has 4 radical (unpaired) electrons. The Morgan fingerprint density at radius 1 is 0.600 bits per heavy atom. The minimum Gasteiger partial charge on any atom is -0.269 e.